The quantitative estimate of drug-likeness (QED) is 0.467. The Kier molecular flexibility index (Phi) is 2.61. The lowest BCUT2D eigenvalue weighted by Gasteiger charge is -2.08. The van der Waals surface area contributed by atoms with Crippen molar-refractivity contribution in [2.45, 2.75) is 12.8 Å². The number of hydrogen-bond acceptors (Lipinski definition) is 2. The van der Waals surface area contributed by atoms with Gasteiger partial charge in [0.05, 0.1) is 0 Å². The SMILES string of the molecule is OB(O)c1cccc2c1Cc1c-2ccc2c1-c1ccccc1C2. The van der Waals surface area contributed by atoms with Crippen LogP contribution in [0, 0.1) is 0 Å². The van der Waals surface area contributed by atoms with Crippen LogP contribution in [0.3, 0.4) is 0 Å². The van der Waals surface area contributed by atoms with E-state index >= 15 is 0 Å². The molecule has 3 aromatic rings. The maximum Gasteiger partial charge on any atom is 0.488 e. The van der Waals surface area contributed by atoms with Crippen LogP contribution in [0.5, 0.6) is 0 Å². The van der Waals surface area contributed by atoms with E-state index in [-0.39, 0.29) is 0 Å². The molecule has 2 N–H and O–H groups in total. The summed E-state index contributed by atoms with van der Waals surface area (Å²) in [5.41, 5.74) is 10.8. The first-order valence-electron chi connectivity index (χ1n) is 7.95. The summed E-state index contributed by atoms with van der Waals surface area (Å²) in [5.74, 6) is 0. The van der Waals surface area contributed by atoms with Gasteiger partial charge in [0.15, 0.2) is 0 Å². The van der Waals surface area contributed by atoms with E-state index in [1.807, 2.05) is 12.1 Å². The van der Waals surface area contributed by atoms with E-state index in [1.165, 1.54) is 33.4 Å². The number of hydrogen-bond donors (Lipinski definition) is 2. The average molecular weight is 298 g/mol. The van der Waals surface area contributed by atoms with Crippen LogP contribution in [-0.2, 0) is 12.8 Å². The molecule has 0 unspecified atom stereocenters. The van der Waals surface area contributed by atoms with E-state index in [0.29, 0.717) is 5.46 Å². The molecule has 0 aromatic heterocycles. The normalized spacial score (nSPS) is 13.3. The summed E-state index contributed by atoms with van der Waals surface area (Å²) >= 11 is 0. The zero-order valence-corrected chi connectivity index (χ0v) is 12.6. The zero-order valence-electron chi connectivity index (χ0n) is 12.6. The fraction of sp³-hybridized carbons (Fsp3) is 0.100. The largest absolute Gasteiger partial charge is 0.488 e. The van der Waals surface area contributed by atoms with Crippen LogP contribution in [-0.4, -0.2) is 17.2 Å². The molecule has 0 saturated heterocycles. The van der Waals surface area contributed by atoms with Crippen LogP contribution >= 0.6 is 0 Å². The van der Waals surface area contributed by atoms with Gasteiger partial charge in [-0.25, -0.2) is 0 Å². The van der Waals surface area contributed by atoms with Gasteiger partial charge in [-0.3, -0.25) is 0 Å². The van der Waals surface area contributed by atoms with Crippen LogP contribution in [0.2, 0.25) is 0 Å². The third-order valence-corrected chi connectivity index (χ3v) is 5.20. The molecular weight excluding hydrogens is 283 g/mol. The first kappa shape index (κ1) is 13.1. The topological polar surface area (TPSA) is 40.5 Å². The molecule has 2 nitrogen and oxygen atoms in total. The standard InChI is InChI=1S/C20H15BO2/c22-21(23)19-7-3-6-15-16-9-8-13-10-12-4-1-2-5-14(12)20(13)18(16)11-17(15)19/h1-9,22-23H,10-11H2. The second kappa shape index (κ2) is 4.57. The van der Waals surface area contributed by atoms with Crippen molar-refractivity contribution in [1.29, 1.82) is 0 Å². The molecule has 23 heavy (non-hydrogen) atoms. The van der Waals surface area contributed by atoms with Gasteiger partial charge in [0.1, 0.15) is 0 Å². The Balaban J connectivity index is 1.77. The van der Waals surface area contributed by atoms with Crippen molar-refractivity contribution in [3.8, 4) is 22.3 Å². The molecule has 2 aliphatic carbocycles. The number of rotatable bonds is 1. The fourth-order valence-electron chi connectivity index (χ4n) is 4.21. The van der Waals surface area contributed by atoms with E-state index in [1.54, 1.807) is 0 Å². The minimum Gasteiger partial charge on any atom is -0.423 e. The van der Waals surface area contributed by atoms with E-state index in [4.69, 9.17) is 0 Å². The van der Waals surface area contributed by atoms with Crippen LogP contribution < -0.4 is 5.46 Å². The summed E-state index contributed by atoms with van der Waals surface area (Å²) in [6.07, 6.45) is 1.76. The Hall–Kier alpha value is -2.36. The smallest absolute Gasteiger partial charge is 0.423 e. The van der Waals surface area contributed by atoms with Gasteiger partial charge in [-0.1, -0.05) is 54.6 Å². The van der Waals surface area contributed by atoms with Crippen molar-refractivity contribution < 1.29 is 10.0 Å². The monoisotopic (exact) mass is 298 g/mol. The fourth-order valence-corrected chi connectivity index (χ4v) is 4.21. The van der Waals surface area contributed by atoms with Gasteiger partial charge >= 0.3 is 7.12 Å². The van der Waals surface area contributed by atoms with Crippen LogP contribution in [0.15, 0.2) is 54.6 Å². The molecule has 0 fully saturated rings. The Morgan fingerprint density at radius 1 is 0.652 bits per heavy atom. The maximum absolute atomic E-state index is 9.67. The summed E-state index contributed by atoms with van der Waals surface area (Å²) in [5, 5.41) is 19.3. The van der Waals surface area contributed by atoms with Crippen molar-refractivity contribution >= 4 is 12.6 Å². The van der Waals surface area contributed by atoms with E-state index in [0.717, 1.165) is 24.0 Å². The van der Waals surface area contributed by atoms with Crippen molar-refractivity contribution in [1.82, 2.24) is 0 Å². The van der Waals surface area contributed by atoms with Crippen molar-refractivity contribution in [3.05, 3.63) is 76.9 Å². The molecule has 5 rings (SSSR count). The maximum atomic E-state index is 9.67. The van der Waals surface area contributed by atoms with Crippen LogP contribution in [0.1, 0.15) is 22.3 Å². The summed E-state index contributed by atoms with van der Waals surface area (Å²) in [7, 11) is -1.42. The summed E-state index contributed by atoms with van der Waals surface area (Å²) in [4.78, 5) is 0. The molecule has 0 aliphatic heterocycles. The Morgan fingerprint density at radius 3 is 2.30 bits per heavy atom. The predicted molar refractivity (Wildman–Crippen MR) is 92.8 cm³/mol. The van der Waals surface area contributed by atoms with Gasteiger partial charge in [-0.2, -0.15) is 0 Å². The minimum absolute atomic E-state index is 0.624. The highest BCUT2D eigenvalue weighted by Gasteiger charge is 2.30. The van der Waals surface area contributed by atoms with Gasteiger partial charge in [-0.15, -0.1) is 0 Å². The lowest BCUT2D eigenvalue weighted by Crippen LogP contribution is -2.32. The van der Waals surface area contributed by atoms with Gasteiger partial charge in [0.2, 0.25) is 0 Å². The third kappa shape index (κ3) is 1.72. The number of benzene rings is 3. The molecule has 0 amide bonds. The van der Waals surface area contributed by atoms with E-state index in [9.17, 15) is 10.0 Å². The van der Waals surface area contributed by atoms with Gasteiger partial charge in [-0.05, 0) is 62.8 Å². The molecule has 0 heterocycles. The molecule has 0 radical (unpaired) electrons. The first-order valence-corrected chi connectivity index (χ1v) is 7.95. The third-order valence-electron chi connectivity index (χ3n) is 5.20. The molecule has 0 atom stereocenters. The highest BCUT2D eigenvalue weighted by molar-refractivity contribution is 6.59. The average Bonchev–Trinajstić information content (AvgIpc) is 3.11. The van der Waals surface area contributed by atoms with Crippen molar-refractivity contribution in [3.63, 3.8) is 0 Å². The molecule has 110 valence electrons. The second-order valence-electron chi connectivity index (χ2n) is 6.38. The highest BCUT2D eigenvalue weighted by Crippen LogP contribution is 2.46. The van der Waals surface area contributed by atoms with E-state index < -0.39 is 7.12 Å². The lowest BCUT2D eigenvalue weighted by atomic mass is 9.76. The lowest BCUT2D eigenvalue weighted by molar-refractivity contribution is 0.425. The molecule has 2 aliphatic rings. The van der Waals surface area contributed by atoms with Gasteiger partial charge < -0.3 is 10.0 Å². The number of fused-ring (bicyclic) bond motifs is 7. The van der Waals surface area contributed by atoms with Gasteiger partial charge in [0, 0.05) is 0 Å². The Bertz CT molecular complexity index is 960. The Labute approximate surface area is 135 Å². The van der Waals surface area contributed by atoms with Crippen molar-refractivity contribution in [2.75, 3.05) is 0 Å². The second-order valence-corrected chi connectivity index (χ2v) is 6.38. The van der Waals surface area contributed by atoms with Crippen LogP contribution in [0.4, 0.5) is 0 Å². The van der Waals surface area contributed by atoms with Crippen LogP contribution in [0.25, 0.3) is 22.3 Å². The molecule has 0 saturated carbocycles. The molecule has 3 heteroatoms. The zero-order chi connectivity index (χ0) is 15.6. The van der Waals surface area contributed by atoms with Gasteiger partial charge in [0.25, 0.3) is 0 Å². The molecule has 0 spiro atoms. The molecular formula is C20H15BO2. The molecule has 3 aromatic carbocycles. The first-order chi connectivity index (χ1) is 11.2. The summed E-state index contributed by atoms with van der Waals surface area (Å²) in [6, 6.07) is 18.8. The summed E-state index contributed by atoms with van der Waals surface area (Å²) < 4.78 is 0. The van der Waals surface area contributed by atoms with E-state index in [2.05, 4.69) is 42.5 Å². The molecule has 0 bridgehead atoms. The predicted octanol–water partition coefficient (Wildman–Crippen LogP) is 2.51. The van der Waals surface area contributed by atoms with Crippen molar-refractivity contribution in [2.24, 2.45) is 0 Å². The summed E-state index contributed by atoms with van der Waals surface area (Å²) in [6.45, 7) is 0. The minimum atomic E-state index is -1.42. The Morgan fingerprint density at radius 2 is 1.43 bits per heavy atom. The highest BCUT2D eigenvalue weighted by atomic mass is 16.4.